The van der Waals surface area contributed by atoms with E-state index in [1.807, 2.05) is 13.0 Å². The summed E-state index contributed by atoms with van der Waals surface area (Å²) in [7, 11) is 3.19. The van der Waals surface area contributed by atoms with Gasteiger partial charge in [-0.25, -0.2) is 4.39 Å². The molecule has 0 amide bonds. The maximum Gasteiger partial charge on any atom is 0.191 e. The van der Waals surface area contributed by atoms with Gasteiger partial charge in [0.2, 0.25) is 0 Å². The summed E-state index contributed by atoms with van der Waals surface area (Å²) in [6.07, 6.45) is 0. The monoisotopic (exact) mass is 349 g/mol. The minimum atomic E-state index is -0.363. The minimum Gasteiger partial charge on any atom is -0.494 e. The fraction of sp³-hybridized carbons (Fsp3) is 0.389. The molecule has 0 spiro atoms. The van der Waals surface area contributed by atoms with Crippen molar-refractivity contribution in [1.29, 1.82) is 0 Å². The smallest absolute Gasteiger partial charge is 0.191 e. The highest BCUT2D eigenvalue weighted by Gasteiger charge is 2.12. The van der Waals surface area contributed by atoms with Gasteiger partial charge in [0.1, 0.15) is 0 Å². The molecule has 0 radical (unpaired) electrons. The van der Waals surface area contributed by atoms with Crippen molar-refractivity contribution in [1.82, 2.24) is 10.6 Å². The largest absolute Gasteiger partial charge is 0.494 e. The second-order valence-electron chi connectivity index (χ2n) is 5.63. The van der Waals surface area contributed by atoms with Crippen molar-refractivity contribution in [3.63, 3.8) is 0 Å². The second-order valence-corrected chi connectivity index (χ2v) is 6.61. The quantitative estimate of drug-likeness (QED) is 0.614. The van der Waals surface area contributed by atoms with E-state index in [0.717, 1.165) is 12.1 Å². The highest BCUT2D eigenvalue weighted by atomic mass is 32.1. The fourth-order valence-electron chi connectivity index (χ4n) is 2.36. The number of methoxy groups -OCH3 is 1. The van der Waals surface area contributed by atoms with Gasteiger partial charge in [0.15, 0.2) is 17.5 Å². The number of nitrogens with one attached hydrogen (secondary N) is 2. The van der Waals surface area contributed by atoms with Crippen LogP contribution in [0.3, 0.4) is 0 Å². The average Bonchev–Trinajstić information content (AvgIpc) is 3.12. The highest BCUT2D eigenvalue weighted by Crippen LogP contribution is 2.22. The molecule has 0 aliphatic rings. The summed E-state index contributed by atoms with van der Waals surface area (Å²) in [6, 6.07) is 9.09. The maximum absolute atomic E-state index is 13.8. The minimum absolute atomic E-state index is 0.0753. The van der Waals surface area contributed by atoms with Crippen LogP contribution in [0.2, 0.25) is 0 Å². The van der Waals surface area contributed by atoms with E-state index < -0.39 is 0 Å². The number of hydrogen-bond donors (Lipinski definition) is 2. The van der Waals surface area contributed by atoms with Crippen molar-refractivity contribution in [2.75, 3.05) is 20.7 Å². The molecule has 6 heteroatoms. The molecule has 24 heavy (non-hydrogen) atoms. The van der Waals surface area contributed by atoms with Crippen molar-refractivity contribution in [2.45, 2.75) is 25.8 Å². The lowest BCUT2D eigenvalue weighted by Crippen LogP contribution is -2.40. The van der Waals surface area contributed by atoms with Gasteiger partial charge in [-0.2, -0.15) is 0 Å². The van der Waals surface area contributed by atoms with Gasteiger partial charge in [-0.15, -0.1) is 11.3 Å². The lowest BCUT2D eigenvalue weighted by Gasteiger charge is -2.20. The van der Waals surface area contributed by atoms with E-state index in [2.05, 4.69) is 40.1 Å². The molecular formula is C18H24FN3OS. The molecule has 2 N–H and O–H groups in total. The predicted molar refractivity (Wildman–Crippen MR) is 98.6 cm³/mol. The normalized spacial score (nSPS) is 14.1. The standard InChI is InChI=1S/C18H24FN3OS/c1-12(17-6-5-9-24-17)11-21-18(20-3)22-13(2)14-7-8-16(23-4)15(19)10-14/h5-10,12-13H,11H2,1-4H3,(H2,20,21,22). The molecule has 0 saturated heterocycles. The highest BCUT2D eigenvalue weighted by molar-refractivity contribution is 7.10. The maximum atomic E-state index is 13.8. The number of benzene rings is 1. The van der Waals surface area contributed by atoms with Gasteiger partial charge >= 0.3 is 0 Å². The SMILES string of the molecule is CN=C(NCC(C)c1cccs1)NC(C)c1ccc(OC)c(F)c1. The Morgan fingerprint density at radius 2 is 2.12 bits per heavy atom. The Labute approximate surface area is 146 Å². The topological polar surface area (TPSA) is 45.7 Å². The number of hydrogen-bond acceptors (Lipinski definition) is 3. The lowest BCUT2D eigenvalue weighted by molar-refractivity contribution is 0.386. The third-order valence-corrected chi connectivity index (χ3v) is 4.96. The van der Waals surface area contributed by atoms with E-state index in [0.29, 0.717) is 11.9 Å². The van der Waals surface area contributed by atoms with E-state index in [9.17, 15) is 4.39 Å². The van der Waals surface area contributed by atoms with Crippen LogP contribution in [-0.2, 0) is 0 Å². The van der Waals surface area contributed by atoms with Crippen molar-refractivity contribution in [3.05, 3.63) is 52.0 Å². The summed E-state index contributed by atoms with van der Waals surface area (Å²) in [5.41, 5.74) is 0.836. The van der Waals surface area contributed by atoms with Gasteiger partial charge in [-0.05, 0) is 36.1 Å². The first kappa shape index (κ1) is 18.3. The number of rotatable bonds is 6. The number of nitrogens with zero attached hydrogens (tertiary/aromatic N) is 1. The van der Waals surface area contributed by atoms with Crippen molar-refractivity contribution < 1.29 is 9.13 Å². The van der Waals surface area contributed by atoms with E-state index in [4.69, 9.17) is 4.74 Å². The number of ether oxygens (including phenoxy) is 1. The number of halogens is 1. The molecular weight excluding hydrogens is 325 g/mol. The summed E-state index contributed by atoms with van der Waals surface area (Å²) < 4.78 is 18.8. The first-order valence-electron chi connectivity index (χ1n) is 7.89. The van der Waals surface area contributed by atoms with Crippen LogP contribution in [0.4, 0.5) is 4.39 Å². The van der Waals surface area contributed by atoms with E-state index in [1.165, 1.54) is 18.1 Å². The Hall–Kier alpha value is -2.08. The average molecular weight is 349 g/mol. The number of thiophene rings is 1. The molecule has 130 valence electrons. The lowest BCUT2D eigenvalue weighted by atomic mass is 10.1. The van der Waals surface area contributed by atoms with Gasteiger partial charge in [-0.1, -0.05) is 19.1 Å². The number of guanidine groups is 1. The third-order valence-electron chi connectivity index (χ3n) is 3.86. The molecule has 0 saturated carbocycles. The van der Waals surface area contributed by atoms with Gasteiger partial charge in [0.25, 0.3) is 0 Å². The Kier molecular flexibility index (Phi) is 6.61. The molecule has 2 unspecified atom stereocenters. The van der Waals surface area contributed by atoms with Crippen LogP contribution in [-0.4, -0.2) is 26.7 Å². The van der Waals surface area contributed by atoms with Crippen LogP contribution in [0, 0.1) is 5.82 Å². The molecule has 2 rings (SSSR count). The van der Waals surface area contributed by atoms with Gasteiger partial charge < -0.3 is 15.4 Å². The van der Waals surface area contributed by atoms with Crippen LogP contribution in [0.15, 0.2) is 40.7 Å². The molecule has 0 fully saturated rings. The predicted octanol–water partition coefficient (Wildman–Crippen LogP) is 3.93. The van der Waals surface area contributed by atoms with Crippen LogP contribution in [0.1, 0.15) is 36.2 Å². The molecule has 2 atom stereocenters. The summed E-state index contributed by atoms with van der Waals surface area (Å²) >= 11 is 1.75. The van der Waals surface area contributed by atoms with Gasteiger partial charge in [0.05, 0.1) is 13.2 Å². The molecule has 1 heterocycles. The molecule has 0 aliphatic carbocycles. The zero-order valence-electron chi connectivity index (χ0n) is 14.5. The van der Waals surface area contributed by atoms with E-state index in [1.54, 1.807) is 24.5 Å². The Bertz CT molecular complexity index is 673. The van der Waals surface area contributed by atoms with E-state index >= 15 is 0 Å². The van der Waals surface area contributed by atoms with Crippen molar-refractivity contribution >= 4 is 17.3 Å². The summed E-state index contributed by atoms with van der Waals surface area (Å²) in [6.45, 7) is 4.93. The van der Waals surface area contributed by atoms with Gasteiger partial charge in [0, 0.05) is 24.4 Å². The van der Waals surface area contributed by atoms with Gasteiger partial charge in [-0.3, -0.25) is 4.99 Å². The van der Waals surface area contributed by atoms with Crippen LogP contribution in [0.5, 0.6) is 5.75 Å². The Morgan fingerprint density at radius 1 is 1.33 bits per heavy atom. The van der Waals surface area contributed by atoms with Crippen LogP contribution >= 0.6 is 11.3 Å². The van der Waals surface area contributed by atoms with E-state index in [-0.39, 0.29) is 17.6 Å². The molecule has 0 bridgehead atoms. The first-order chi connectivity index (χ1) is 11.5. The summed E-state index contributed by atoms with van der Waals surface area (Å²) in [5.74, 6) is 0.982. The van der Waals surface area contributed by atoms with Crippen molar-refractivity contribution in [2.24, 2.45) is 4.99 Å². The summed E-state index contributed by atoms with van der Waals surface area (Å²) in [4.78, 5) is 5.58. The Balaban J connectivity index is 1.93. The second kappa shape index (κ2) is 8.68. The molecule has 1 aromatic carbocycles. The molecule has 2 aromatic rings. The first-order valence-corrected chi connectivity index (χ1v) is 8.77. The van der Waals surface area contributed by atoms with Crippen LogP contribution in [0.25, 0.3) is 0 Å². The van der Waals surface area contributed by atoms with Crippen molar-refractivity contribution in [3.8, 4) is 5.75 Å². The molecule has 1 aromatic heterocycles. The zero-order chi connectivity index (χ0) is 17.5. The fourth-order valence-corrected chi connectivity index (χ4v) is 3.14. The Morgan fingerprint density at radius 3 is 2.71 bits per heavy atom. The summed E-state index contributed by atoms with van der Waals surface area (Å²) in [5, 5.41) is 8.69. The van der Waals surface area contributed by atoms with Crippen LogP contribution < -0.4 is 15.4 Å². The molecule has 0 aliphatic heterocycles. The third kappa shape index (κ3) is 4.71. The zero-order valence-corrected chi connectivity index (χ0v) is 15.3. The number of aliphatic imine (C=N–C) groups is 1. The molecule has 4 nitrogen and oxygen atoms in total.